The minimum absolute atomic E-state index is 0.130. The molecule has 21 heavy (non-hydrogen) atoms. The molecule has 1 aliphatic heterocycles. The molecule has 1 aliphatic rings. The van der Waals surface area contributed by atoms with Crippen molar-refractivity contribution in [2.24, 2.45) is 12.5 Å². The van der Waals surface area contributed by atoms with E-state index in [2.05, 4.69) is 28.9 Å². The molecule has 1 N–H and O–H groups in total. The third-order valence-electron chi connectivity index (χ3n) is 4.33. The molecule has 0 saturated carbocycles. The van der Waals surface area contributed by atoms with Crippen molar-refractivity contribution in [1.82, 2.24) is 24.1 Å². The van der Waals surface area contributed by atoms with Gasteiger partial charge in [-0.05, 0) is 6.42 Å². The van der Waals surface area contributed by atoms with Crippen LogP contribution in [0.2, 0.25) is 0 Å². The van der Waals surface area contributed by atoms with Gasteiger partial charge in [-0.3, -0.25) is 14.1 Å². The van der Waals surface area contributed by atoms with E-state index < -0.39 is 0 Å². The molecule has 0 aromatic carbocycles. The summed E-state index contributed by atoms with van der Waals surface area (Å²) in [5, 5.41) is 18.2. The summed E-state index contributed by atoms with van der Waals surface area (Å²) >= 11 is 0. The summed E-state index contributed by atoms with van der Waals surface area (Å²) in [6.07, 6.45) is 4.02. The molecular weight excluding hydrogens is 270 g/mol. The van der Waals surface area contributed by atoms with E-state index >= 15 is 0 Å². The molecule has 7 nitrogen and oxygen atoms in total. The average molecular weight is 291 g/mol. The smallest absolute Gasteiger partial charge is 0.295 e. The number of aryl methyl sites for hydroxylation is 1. The molecule has 2 aromatic rings. The van der Waals surface area contributed by atoms with Crippen molar-refractivity contribution in [2.75, 3.05) is 13.1 Å². The van der Waals surface area contributed by atoms with Gasteiger partial charge in [0.1, 0.15) is 0 Å². The first kappa shape index (κ1) is 14.2. The van der Waals surface area contributed by atoms with Gasteiger partial charge >= 0.3 is 0 Å². The van der Waals surface area contributed by atoms with Crippen molar-refractivity contribution in [3.05, 3.63) is 28.6 Å². The number of nitrogens with zero attached hydrogens (tertiary/aromatic N) is 5. The van der Waals surface area contributed by atoms with E-state index in [0.29, 0.717) is 12.2 Å². The maximum Gasteiger partial charge on any atom is 0.295 e. The summed E-state index contributed by atoms with van der Waals surface area (Å²) in [6, 6.07) is 0. The van der Waals surface area contributed by atoms with Gasteiger partial charge in [-0.1, -0.05) is 13.8 Å². The number of aliphatic hydroxyl groups excluding tert-OH is 1. The van der Waals surface area contributed by atoms with Crippen molar-refractivity contribution in [1.29, 1.82) is 0 Å². The zero-order valence-electron chi connectivity index (χ0n) is 12.7. The van der Waals surface area contributed by atoms with E-state index in [0.717, 1.165) is 25.3 Å². The highest BCUT2D eigenvalue weighted by molar-refractivity contribution is 5.34. The molecular formula is C14H21N5O2. The lowest BCUT2D eigenvalue weighted by atomic mass is 9.81. The van der Waals surface area contributed by atoms with Gasteiger partial charge in [-0.15, -0.1) is 10.2 Å². The quantitative estimate of drug-likeness (QED) is 0.844. The predicted molar refractivity (Wildman–Crippen MR) is 77.9 cm³/mol. The molecule has 0 spiro atoms. The topological polar surface area (TPSA) is 75.7 Å². The molecule has 1 unspecified atom stereocenters. The van der Waals surface area contributed by atoms with Crippen LogP contribution in [-0.4, -0.2) is 48.4 Å². The highest BCUT2D eigenvalue weighted by atomic mass is 16.3. The van der Waals surface area contributed by atoms with Gasteiger partial charge in [0, 0.05) is 37.9 Å². The molecule has 0 aliphatic carbocycles. The first-order valence-corrected chi connectivity index (χ1v) is 7.18. The fourth-order valence-corrected chi connectivity index (χ4v) is 2.92. The van der Waals surface area contributed by atoms with Crippen LogP contribution in [0.4, 0.5) is 0 Å². The Bertz CT molecular complexity index is 718. The fraction of sp³-hybridized carbons (Fsp3) is 0.643. The van der Waals surface area contributed by atoms with Gasteiger partial charge in [0.25, 0.3) is 5.56 Å². The Morgan fingerprint density at radius 2 is 2.14 bits per heavy atom. The van der Waals surface area contributed by atoms with Crippen LogP contribution in [0, 0.1) is 5.41 Å². The summed E-state index contributed by atoms with van der Waals surface area (Å²) in [6.45, 7) is 6.39. The van der Waals surface area contributed by atoms with Crippen molar-refractivity contribution in [3.63, 3.8) is 0 Å². The largest absolute Gasteiger partial charge is 0.392 e. The third kappa shape index (κ3) is 2.47. The van der Waals surface area contributed by atoms with Crippen molar-refractivity contribution < 1.29 is 5.11 Å². The fourth-order valence-electron chi connectivity index (χ4n) is 2.92. The Kier molecular flexibility index (Phi) is 3.33. The summed E-state index contributed by atoms with van der Waals surface area (Å²) in [7, 11) is 1.70. The SMILES string of the molecule is Cn1ccn2c(CN3CCC(O)C(C)(C)C3)nnc2c1=O. The van der Waals surface area contributed by atoms with Gasteiger partial charge in [0.2, 0.25) is 5.65 Å². The van der Waals surface area contributed by atoms with Gasteiger partial charge in [-0.2, -0.15) is 0 Å². The second-order valence-electron chi connectivity index (χ2n) is 6.53. The van der Waals surface area contributed by atoms with Crippen molar-refractivity contribution >= 4 is 5.65 Å². The van der Waals surface area contributed by atoms with Gasteiger partial charge < -0.3 is 9.67 Å². The summed E-state index contributed by atoms with van der Waals surface area (Å²) in [5.74, 6) is 0.759. The van der Waals surface area contributed by atoms with E-state index in [1.165, 1.54) is 4.57 Å². The molecule has 1 fully saturated rings. The molecule has 0 amide bonds. The van der Waals surface area contributed by atoms with Crippen LogP contribution in [0.5, 0.6) is 0 Å². The molecule has 1 saturated heterocycles. The normalized spacial score (nSPS) is 22.8. The standard InChI is InChI=1S/C14H21N5O2/c1-14(2)9-18(5-4-10(14)20)8-11-15-16-12-13(21)17(3)6-7-19(11)12/h6-7,10,20H,4-5,8-9H2,1-3H3. The Morgan fingerprint density at radius 1 is 1.38 bits per heavy atom. The number of piperidine rings is 1. The number of aliphatic hydroxyl groups is 1. The van der Waals surface area contributed by atoms with Crippen molar-refractivity contribution in [3.8, 4) is 0 Å². The first-order chi connectivity index (χ1) is 9.88. The predicted octanol–water partition coefficient (Wildman–Crippen LogP) is 0.0208. The zero-order valence-corrected chi connectivity index (χ0v) is 12.7. The van der Waals surface area contributed by atoms with E-state index in [4.69, 9.17) is 0 Å². The van der Waals surface area contributed by atoms with E-state index in [1.54, 1.807) is 17.6 Å². The molecule has 2 aromatic heterocycles. The van der Waals surface area contributed by atoms with E-state index in [9.17, 15) is 9.90 Å². The van der Waals surface area contributed by atoms with Gasteiger partial charge in [0.05, 0.1) is 12.6 Å². The summed E-state index contributed by atoms with van der Waals surface area (Å²) < 4.78 is 3.24. The number of likely N-dealkylation sites (tertiary alicyclic amines) is 1. The van der Waals surface area contributed by atoms with E-state index in [1.807, 2.05) is 6.20 Å². The second kappa shape index (κ2) is 4.92. The van der Waals surface area contributed by atoms with E-state index in [-0.39, 0.29) is 17.1 Å². The first-order valence-electron chi connectivity index (χ1n) is 7.18. The molecule has 114 valence electrons. The molecule has 0 radical (unpaired) electrons. The molecule has 3 rings (SSSR count). The Hall–Kier alpha value is -1.73. The second-order valence-corrected chi connectivity index (χ2v) is 6.53. The van der Waals surface area contributed by atoms with Crippen LogP contribution in [0.3, 0.4) is 0 Å². The molecule has 0 bridgehead atoms. The van der Waals surface area contributed by atoms with Crippen LogP contribution < -0.4 is 5.56 Å². The zero-order chi connectivity index (χ0) is 15.2. The minimum Gasteiger partial charge on any atom is -0.392 e. The third-order valence-corrected chi connectivity index (χ3v) is 4.33. The number of aromatic nitrogens is 4. The average Bonchev–Trinajstić information content (AvgIpc) is 2.82. The maximum absolute atomic E-state index is 12.0. The lowest BCUT2D eigenvalue weighted by Gasteiger charge is -2.41. The molecule has 1 atom stereocenters. The van der Waals surface area contributed by atoms with Gasteiger partial charge in [0.15, 0.2) is 5.82 Å². The number of hydrogen-bond donors (Lipinski definition) is 1. The molecule has 3 heterocycles. The van der Waals surface area contributed by atoms with Gasteiger partial charge in [-0.25, -0.2) is 0 Å². The van der Waals surface area contributed by atoms with Crippen LogP contribution in [-0.2, 0) is 13.6 Å². The highest BCUT2D eigenvalue weighted by Crippen LogP contribution is 2.29. The van der Waals surface area contributed by atoms with Crippen LogP contribution in [0.25, 0.3) is 5.65 Å². The van der Waals surface area contributed by atoms with Crippen LogP contribution >= 0.6 is 0 Å². The highest BCUT2D eigenvalue weighted by Gasteiger charge is 2.34. The summed E-state index contributed by atoms with van der Waals surface area (Å²) in [5.41, 5.74) is 0.0754. The summed E-state index contributed by atoms with van der Waals surface area (Å²) in [4.78, 5) is 14.2. The Balaban J connectivity index is 1.86. The number of rotatable bonds is 2. The maximum atomic E-state index is 12.0. The van der Waals surface area contributed by atoms with Crippen LogP contribution in [0.1, 0.15) is 26.1 Å². The Morgan fingerprint density at radius 3 is 2.86 bits per heavy atom. The number of fused-ring (bicyclic) bond motifs is 1. The Labute approximate surface area is 122 Å². The lowest BCUT2D eigenvalue weighted by Crippen LogP contribution is -2.48. The minimum atomic E-state index is -0.267. The lowest BCUT2D eigenvalue weighted by molar-refractivity contribution is -0.0277. The number of hydrogen-bond acceptors (Lipinski definition) is 5. The molecule has 7 heteroatoms. The van der Waals surface area contributed by atoms with Crippen molar-refractivity contribution in [2.45, 2.75) is 32.9 Å². The van der Waals surface area contributed by atoms with Crippen LogP contribution in [0.15, 0.2) is 17.2 Å². The monoisotopic (exact) mass is 291 g/mol.